The highest BCUT2D eigenvalue weighted by molar-refractivity contribution is 5.96. The van der Waals surface area contributed by atoms with E-state index in [9.17, 15) is 4.79 Å². The molecule has 9 nitrogen and oxygen atoms in total. The van der Waals surface area contributed by atoms with E-state index in [1.54, 1.807) is 37.2 Å². The number of fused-ring (bicyclic) bond motifs is 1. The smallest absolute Gasteiger partial charge is 0.255 e. The fraction of sp³-hybridized carbons (Fsp3) is 0.238. The van der Waals surface area contributed by atoms with Crippen LogP contribution in [0.15, 0.2) is 61.6 Å². The highest BCUT2D eigenvalue weighted by Gasteiger charge is 2.24. The molecule has 0 radical (unpaired) electrons. The number of imidazole rings is 1. The van der Waals surface area contributed by atoms with Gasteiger partial charge in [0.05, 0.1) is 18.4 Å². The number of rotatable bonds is 4. The molecule has 1 saturated heterocycles. The second-order valence-corrected chi connectivity index (χ2v) is 7.13. The van der Waals surface area contributed by atoms with Gasteiger partial charge in [-0.3, -0.25) is 9.78 Å². The van der Waals surface area contributed by atoms with Crippen LogP contribution >= 0.6 is 0 Å². The standard InChI is InChI=1S/C21H20N8O/c30-20(27-7-9-28(10-8-27)21-23-5-2-6-24-21)17-11-18-19(25-13-17)29(15-26-18)14-16-3-1-4-22-12-16/h1-6,11-13,15H,7-10,14H2. The highest BCUT2D eigenvalue weighted by Crippen LogP contribution is 2.17. The average Bonchev–Trinajstić information content (AvgIpc) is 3.22. The number of carbonyl (C=O) groups excluding carboxylic acids is 1. The van der Waals surface area contributed by atoms with Gasteiger partial charge in [-0.05, 0) is 23.8 Å². The van der Waals surface area contributed by atoms with Crippen LogP contribution in [-0.2, 0) is 6.54 Å². The molecule has 0 aromatic carbocycles. The van der Waals surface area contributed by atoms with E-state index in [0.717, 1.165) is 11.2 Å². The van der Waals surface area contributed by atoms with Gasteiger partial charge in [0.1, 0.15) is 5.52 Å². The number of hydrogen-bond acceptors (Lipinski definition) is 7. The third kappa shape index (κ3) is 3.57. The first-order chi connectivity index (χ1) is 14.8. The minimum Gasteiger partial charge on any atom is -0.337 e. The van der Waals surface area contributed by atoms with E-state index in [4.69, 9.17) is 0 Å². The Bertz CT molecular complexity index is 1150. The zero-order valence-corrected chi connectivity index (χ0v) is 16.3. The summed E-state index contributed by atoms with van der Waals surface area (Å²) in [5.74, 6) is 0.673. The lowest BCUT2D eigenvalue weighted by Gasteiger charge is -2.34. The number of pyridine rings is 2. The van der Waals surface area contributed by atoms with Crippen molar-refractivity contribution in [3.8, 4) is 0 Å². The summed E-state index contributed by atoms with van der Waals surface area (Å²) in [7, 11) is 0. The maximum atomic E-state index is 13.0. The van der Waals surface area contributed by atoms with Crippen molar-refractivity contribution in [1.29, 1.82) is 0 Å². The largest absolute Gasteiger partial charge is 0.337 e. The molecule has 150 valence electrons. The molecule has 0 saturated carbocycles. The van der Waals surface area contributed by atoms with Crippen molar-refractivity contribution < 1.29 is 4.79 Å². The fourth-order valence-electron chi connectivity index (χ4n) is 3.62. The molecule has 0 N–H and O–H groups in total. The number of aromatic nitrogens is 6. The SMILES string of the molecule is O=C(c1cnc2c(c1)ncn2Cc1cccnc1)N1CCN(c2ncccn2)CC1. The minimum absolute atomic E-state index is 0.0279. The van der Waals surface area contributed by atoms with Crippen LogP contribution in [0.3, 0.4) is 0 Å². The summed E-state index contributed by atoms with van der Waals surface area (Å²) >= 11 is 0. The van der Waals surface area contributed by atoms with Crippen molar-refractivity contribution in [2.75, 3.05) is 31.1 Å². The molecule has 4 aromatic heterocycles. The Balaban J connectivity index is 1.29. The van der Waals surface area contributed by atoms with E-state index >= 15 is 0 Å². The van der Waals surface area contributed by atoms with Gasteiger partial charge in [-0.15, -0.1) is 0 Å². The van der Waals surface area contributed by atoms with Crippen molar-refractivity contribution in [2.24, 2.45) is 0 Å². The number of amides is 1. The molecule has 1 aliphatic heterocycles. The van der Waals surface area contributed by atoms with E-state index in [-0.39, 0.29) is 5.91 Å². The minimum atomic E-state index is -0.0279. The normalized spacial score (nSPS) is 14.3. The molecule has 30 heavy (non-hydrogen) atoms. The van der Waals surface area contributed by atoms with Crippen molar-refractivity contribution in [1.82, 2.24) is 34.4 Å². The molecule has 1 fully saturated rings. The molecule has 9 heteroatoms. The van der Waals surface area contributed by atoms with E-state index in [0.29, 0.717) is 49.8 Å². The molecule has 0 bridgehead atoms. The number of piperazine rings is 1. The Kier molecular flexibility index (Phi) is 4.76. The Morgan fingerprint density at radius 3 is 2.53 bits per heavy atom. The quantitative estimate of drug-likeness (QED) is 0.514. The molecule has 0 unspecified atom stereocenters. The van der Waals surface area contributed by atoms with Crippen LogP contribution in [0.2, 0.25) is 0 Å². The number of hydrogen-bond donors (Lipinski definition) is 0. The van der Waals surface area contributed by atoms with Gasteiger partial charge in [0, 0.05) is 57.2 Å². The van der Waals surface area contributed by atoms with Crippen LogP contribution in [0.4, 0.5) is 5.95 Å². The fourth-order valence-corrected chi connectivity index (χ4v) is 3.62. The van der Waals surface area contributed by atoms with E-state index in [1.165, 1.54) is 0 Å². The van der Waals surface area contributed by atoms with Crippen molar-refractivity contribution in [2.45, 2.75) is 6.54 Å². The number of carbonyl (C=O) groups is 1. The second kappa shape index (κ2) is 7.86. The predicted molar refractivity (Wildman–Crippen MR) is 111 cm³/mol. The van der Waals surface area contributed by atoms with Gasteiger partial charge in [0.2, 0.25) is 5.95 Å². The van der Waals surface area contributed by atoms with Gasteiger partial charge in [0.25, 0.3) is 5.91 Å². The lowest BCUT2D eigenvalue weighted by Crippen LogP contribution is -2.49. The van der Waals surface area contributed by atoms with Crippen LogP contribution < -0.4 is 4.90 Å². The molecule has 1 aliphatic rings. The van der Waals surface area contributed by atoms with Crippen LogP contribution in [0.5, 0.6) is 0 Å². The average molecular weight is 400 g/mol. The van der Waals surface area contributed by atoms with Gasteiger partial charge in [0.15, 0.2) is 5.65 Å². The molecular formula is C21H20N8O. The summed E-state index contributed by atoms with van der Waals surface area (Å²) in [6.45, 7) is 3.26. The summed E-state index contributed by atoms with van der Waals surface area (Å²) in [5, 5.41) is 0. The third-order valence-corrected chi connectivity index (χ3v) is 5.18. The first kappa shape index (κ1) is 18.2. The van der Waals surface area contributed by atoms with Crippen LogP contribution in [0, 0.1) is 0 Å². The first-order valence-electron chi connectivity index (χ1n) is 9.79. The Morgan fingerprint density at radius 2 is 1.77 bits per heavy atom. The maximum absolute atomic E-state index is 13.0. The molecule has 5 rings (SSSR count). The topological polar surface area (TPSA) is 92.9 Å². The van der Waals surface area contributed by atoms with Gasteiger partial charge >= 0.3 is 0 Å². The summed E-state index contributed by atoms with van der Waals surface area (Å²) in [4.78, 5) is 38.6. The summed E-state index contributed by atoms with van der Waals surface area (Å²) in [5.41, 5.74) is 3.08. The molecule has 0 aliphatic carbocycles. The zero-order chi connectivity index (χ0) is 20.3. The monoisotopic (exact) mass is 400 g/mol. The van der Waals surface area contributed by atoms with E-state index in [2.05, 4.69) is 29.8 Å². The van der Waals surface area contributed by atoms with Gasteiger partial charge in [-0.25, -0.2) is 19.9 Å². The van der Waals surface area contributed by atoms with E-state index in [1.807, 2.05) is 33.9 Å². The number of nitrogens with zero attached hydrogens (tertiary/aromatic N) is 8. The van der Waals surface area contributed by atoms with Gasteiger partial charge in [-0.2, -0.15) is 0 Å². The van der Waals surface area contributed by atoms with Crippen molar-refractivity contribution in [3.63, 3.8) is 0 Å². The Hall–Kier alpha value is -3.88. The van der Waals surface area contributed by atoms with Crippen LogP contribution in [0.1, 0.15) is 15.9 Å². The van der Waals surface area contributed by atoms with Crippen LogP contribution in [0.25, 0.3) is 11.2 Å². The Morgan fingerprint density at radius 1 is 0.933 bits per heavy atom. The third-order valence-electron chi connectivity index (χ3n) is 5.18. The lowest BCUT2D eigenvalue weighted by molar-refractivity contribution is 0.0746. The molecule has 4 aromatic rings. The zero-order valence-electron chi connectivity index (χ0n) is 16.3. The molecule has 0 atom stereocenters. The first-order valence-corrected chi connectivity index (χ1v) is 9.79. The maximum Gasteiger partial charge on any atom is 0.255 e. The Labute approximate surface area is 173 Å². The second-order valence-electron chi connectivity index (χ2n) is 7.13. The molecular weight excluding hydrogens is 380 g/mol. The number of anilines is 1. The lowest BCUT2D eigenvalue weighted by atomic mass is 10.2. The van der Waals surface area contributed by atoms with E-state index < -0.39 is 0 Å². The summed E-state index contributed by atoms with van der Waals surface area (Å²) in [6, 6.07) is 7.53. The van der Waals surface area contributed by atoms with Crippen molar-refractivity contribution >= 4 is 23.0 Å². The molecule has 0 spiro atoms. The molecule has 5 heterocycles. The predicted octanol–water partition coefficient (Wildman–Crippen LogP) is 1.63. The highest BCUT2D eigenvalue weighted by atomic mass is 16.2. The van der Waals surface area contributed by atoms with Gasteiger partial charge < -0.3 is 14.4 Å². The van der Waals surface area contributed by atoms with Crippen molar-refractivity contribution in [3.05, 3.63) is 72.7 Å². The van der Waals surface area contributed by atoms with Crippen LogP contribution in [-0.4, -0.2) is 66.5 Å². The summed E-state index contributed by atoms with van der Waals surface area (Å²) in [6.07, 6.45) is 10.4. The van der Waals surface area contributed by atoms with Gasteiger partial charge in [-0.1, -0.05) is 6.07 Å². The molecule has 1 amide bonds. The summed E-state index contributed by atoms with van der Waals surface area (Å²) < 4.78 is 1.96.